The average molecular weight is 383 g/mol. The maximum absolute atomic E-state index is 9.23. The molecule has 3 aliphatic rings. The van der Waals surface area contributed by atoms with Gasteiger partial charge in [-0.3, -0.25) is 9.69 Å². The van der Waals surface area contributed by atoms with Gasteiger partial charge in [0.15, 0.2) is 0 Å². The summed E-state index contributed by atoms with van der Waals surface area (Å²) in [6.07, 6.45) is 14.7. The molecule has 0 unspecified atom stereocenters. The Morgan fingerprint density at radius 3 is 2.52 bits per heavy atom. The lowest BCUT2D eigenvalue weighted by Crippen LogP contribution is -2.30. The molecule has 1 aromatic heterocycles. The van der Waals surface area contributed by atoms with Crippen LogP contribution < -0.4 is 5.43 Å². The van der Waals surface area contributed by atoms with E-state index in [-0.39, 0.29) is 5.92 Å². The van der Waals surface area contributed by atoms with Crippen LogP contribution in [0, 0.1) is 23.2 Å². The summed E-state index contributed by atoms with van der Waals surface area (Å²) in [6, 6.07) is 11.3. The number of nitrogens with one attached hydrogen (secondary N) is 1. The number of rotatable bonds is 3. The van der Waals surface area contributed by atoms with Crippen molar-refractivity contribution in [3.05, 3.63) is 71.8 Å². The second-order valence-corrected chi connectivity index (χ2v) is 8.15. The highest BCUT2D eigenvalue weighted by Gasteiger charge is 2.32. The summed E-state index contributed by atoms with van der Waals surface area (Å²) in [5.74, 6) is 0.767. The van der Waals surface area contributed by atoms with Crippen molar-refractivity contribution < 1.29 is 0 Å². The summed E-state index contributed by atoms with van der Waals surface area (Å²) >= 11 is 0. The number of aromatic nitrogens is 2. The van der Waals surface area contributed by atoms with Crippen LogP contribution in [0.15, 0.2) is 66.3 Å². The molecule has 1 aromatic carbocycles. The Morgan fingerprint density at radius 1 is 1.07 bits per heavy atom. The van der Waals surface area contributed by atoms with Crippen LogP contribution in [-0.4, -0.2) is 21.3 Å². The number of nitrogens with zero attached hydrogens (tertiary/aromatic N) is 4. The fourth-order valence-corrected chi connectivity index (χ4v) is 4.76. The monoisotopic (exact) mass is 383 g/mol. The fraction of sp³-hybridized carbons (Fsp3) is 0.333. The quantitative estimate of drug-likeness (QED) is 0.853. The van der Waals surface area contributed by atoms with E-state index in [1.54, 1.807) is 0 Å². The van der Waals surface area contributed by atoms with Gasteiger partial charge in [0, 0.05) is 43.0 Å². The second-order valence-electron chi connectivity index (χ2n) is 8.15. The number of hydrazine groups is 1. The predicted molar refractivity (Wildman–Crippen MR) is 114 cm³/mol. The van der Waals surface area contributed by atoms with Crippen molar-refractivity contribution >= 4 is 5.57 Å². The molecule has 29 heavy (non-hydrogen) atoms. The minimum absolute atomic E-state index is 0.234. The van der Waals surface area contributed by atoms with E-state index in [1.165, 1.54) is 28.0 Å². The van der Waals surface area contributed by atoms with Crippen LogP contribution >= 0.6 is 0 Å². The van der Waals surface area contributed by atoms with E-state index >= 15 is 0 Å². The number of fused-ring (bicyclic) bond motifs is 1. The molecule has 0 atom stereocenters. The maximum atomic E-state index is 9.23. The van der Waals surface area contributed by atoms with Crippen molar-refractivity contribution in [2.24, 2.45) is 18.9 Å². The van der Waals surface area contributed by atoms with Crippen LogP contribution in [0.4, 0.5) is 0 Å². The van der Waals surface area contributed by atoms with Gasteiger partial charge in [-0.25, -0.2) is 5.43 Å². The molecule has 0 saturated heterocycles. The molecule has 2 aliphatic heterocycles. The van der Waals surface area contributed by atoms with Gasteiger partial charge in [0.2, 0.25) is 0 Å². The lowest BCUT2D eigenvalue weighted by molar-refractivity contribution is 0.329. The first-order valence-corrected chi connectivity index (χ1v) is 10.4. The van der Waals surface area contributed by atoms with Crippen molar-refractivity contribution in [2.45, 2.75) is 25.7 Å². The summed E-state index contributed by atoms with van der Waals surface area (Å²) in [6.45, 7) is 0.830. The Balaban J connectivity index is 1.45. The highest BCUT2D eigenvalue weighted by molar-refractivity contribution is 5.77. The van der Waals surface area contributed by atoms with Crippen molar-refractivity contribution in [3.8, 4) is 17.2 Å². The van der Waals surface area contributed by atoms with E-state index in [0.717, 1.165) is 37.8 Å². The second kappa shape index (κ2) is 7.38. The van der Waals surface area contributed by atoms with Crippen molar-refractivity contribution in [3.63, 3.8) is 0 Å². The van der Waals surface area contributed by atoms with Gasteiger partial charge in [0.25, 0.3) is 0 Å². The molecule has 146 valence electrons. The van der Waals surface area contributed by atoms with Crippen LogP contribution in [0.1, 0.15) is 31.2 Å². The highest BCUT2D eigenvalue weighted by atomic mass is 15.5. The third-order valence-corrected chi connectivity index (χ3v) is 6.36. The normalized spacial score (nSPS) is 23.7. The van der Waals surface area contributed by atoms with Gasteiger partial charge in [-0.2, -0.15) is 10.4 Å². The largest absolute Gasteiger partial charge is 0.283 e. The molecule has 0 amide bonds. The maximum Gasteiger partial charge on any atom is 0.0657 e. The summed E-state index contributed by atoms with van der Waals surface area (Å²) in [5.41, 5.74) is 11.2. The van der Waals surface area contributed by atoms with E-state index in [1.807, 2.05) is 24.1 Å². The highest BCUT2D eigenvalue weighted by Crippen LogP contribution is 2.42. The molecule has 0 radical (unpaired) electrons. The number of nitriles is 1. The Labute approximate surface area is 171 Å². The molecule has 1 aliphatic carbocycles. The van der Waals surface area contributed by atoms with Gasteiger partial charge in [-0.15, -0.1) is 0 Å². The zero-order valence-electron chi connectivity index (χ0n) is 16.7. The van der Waals surface area contributed by atoms with E-state index in [9.17, 15) is 5.26 Å². The third kappa shape index (κ3) is 3.30. The molecule has 3 heterocycles. The first-order valence-electron chi connectivity index (χ1n) is 10.4. The number of hydrogen-bond donors (Lipinski definition) is 1. The molecule has 5 heteroatoms. The fourth-order valence-electron chi connectivity index (χ4n) is 4.76. The van der Waals surface area contributed by atoms with Crippen LogP contribution in [-0.2, 0) is 7.05 Å². The number of aryl methyl sites for hydroxylation is 1. The van der Waals surface area contributed by atoms with Crippen molar-refractivity contribution in [1.29, 1.82) is 5.26 Å². The summed E-state index contributed by atoms with van der Waals surface area (Å²) in [7, 11) is 1.94. The molecular weight excluding hydrogens is 358 g/mol. The number of benzene rings is 1. The Kier molecular flexibility index (Phi) is 4.57. The third-order valence-electron chi connectivity index (χ3n) is 6.36. The van der Waals surface area contributed by atoms with Gasteiger partial charge in [-0.1, -0.05) is 30.3 Å². The summed E-state index contributed by atoms with van der Waals surface area (Å²) in [5, 5.41) is 15.7. The topological polar surface area (TPSA) is 56.9 Å². The molecule has 1 fully saturated rings. The van der Waals surface area contributed by atoms with Crippen LogP contribution in [0.5, 0.6) is 0 Å². The average Bonchev–Trinajstić information content (AvgIpc) is 3.40. The molecule has 0 spiro atoms. The van der Waals surface area contributed by atoms with Gasteiger partial charge >= 0.3 is 0 Å². The SMILES string of the molecule is Cn1cc(-c2ccc(C3=C4C(C5CCC(C#N)CC5)=CC=CN4NC3)cc2)cn1. The minimum atomic E-state index is 0.234. The Hall–Kier alpha value is -3.10. The van der Waals surface area contributed by atoms with Gasteiger partial charge < -0.3 is 0 Å². The minimum Gasteiger partial charge on any atom is -0.283 e. The van der Waals surface area contributed by atoms with Crippen molar-refractivity contribution in [2.75, 3.05) is 6.54 Å². The van der Waals surface area contributed by atoms with E-state index < -0.39 is 0 Å². The lowest BCUT2D eigenvalue weighted by atomic mass is 9.77. The van der Waals surface area contributed by atoms with Gasteiger partial charge in [0.1, 0.15) is 0 Å². The Morgan fingerprint density at radius 2 is 1.83 bits per heavy atom. The van der Waals surface area contributed by atoms with E-state index in [2.05, 4.69) is 64.2 Å². The lowest BCUT2D eigenvalue weighted by Gasteiger charge is -2.32. The zero-order valence-corrected chi connectivity index (χ0v) is 16.7. The van der Waals surface area contributed by atoms with E-state index in [0.29, 0.717) is 5.92 Å². The molecule has 0 bridgehead atoms. The first kappa shape index (κ1) is 18.0. The molecule has 5 nitrogen and oxygen atoms in total. The van der Waals surface area contributed by atoms with Crippen LogP contribution in [0.3, 0.4) is 0 Å². The molecule has 5 rings (SSSR count). The molecule has 2 aromatic rings. The number of hydrogen-bond acceptors (Lipinski definition) is 4. The summed E-state index contributed by atoms with van der Waals surface area (Å²) in [4.78, 5) is 0. The van der Waals surface area contributed by atoms with Crippen LogP contribution in [0.25, 0.3) is 16.7 Å². The Bertz CT molecular complexity index is 1040. The summed E-state index contributed by atoms with van der Waals surface area (Å²) < 4.78 is 1.83. The van der Waals surface area contributed by atoms with E-state index in [4.69, 9.17) is 0 Å². The smallest absolute Gasteiger partial charge is 0.0657 e. The zero-order chi connectivity index (χ0) is 19.8. The first-order chi connectivity index (χ1) is 14.2. The molecular formula is C24H25N5. The van der Waals surface area contributed by atoms with Crippen LogP contribution in [0.2, 0.25) is 0 Å². The predicted octanol–water partition coefficient (Wildman–Crippen LogP) is 4.40. The molecule has 1 saturated carbocycles. The van der Waals surface area contributed by atoms with Gasteiger partial charge in [0.05, 0.1) is 18.0 Å². The molecule has 1 N–H and O–H groups in total. The van der Waals surface area contributed by atoms with Crippen molar-refractivity contribution in [1.82, 2.24) is 20.2 Å². The number of allylic oxidation sites excluding steroid dienone is 3. The standard InChI is InChI=1S/C24H25N5/c1-28-16-21(14-26-28)18-8-10-20(11-9-18)23-15-27-29-12-2-3-22(24(23)29)19-6-4-17(13-25)5-7-19/h2-3,8-12,14,16-17,19,27H,4-7,15H2,1H3. The van der Waals surface area contributed by atoms with Gasteiger partial charge in [-0.05, 0) is 54.4 Å².